The molecule has 0 fully saturated rings. The van der Waals surface area contributed by atoms with Gasteiger partial charge in [0.15, 0.2) is 0 Å². The lowest BCUT2D eigenvalue weighted by Crippen LogP contribution is -2.21. The van der Waals surface area contributed by atoms with E-state index in [0.29, 0.717) is 21.5 Å². The lowest BCUT2D eigenvalue weighted by Gasteiger charge is -2.26. The maximum Gasteiger partial charge on any atom is 0.205 e. The van der Waals surface area contributed by atoms with Crippen molar-refractivity contribution < 1.29 is 13.9 Å². The summed E-state index contributed by atoms with van der Waals surface area (Å²) in [7, 11) is 1.55. The van der Waals surface area contributed by atoms with E-state index < -0.39 is 5.92 Å². The SMILES string of the molecule is COc1ccc2c(c1)OC(N)=C(C#N)[C@@H]2c1ccc(F)c(Br)c1. The van der Waals surface area contributed by atoms with Crippen molar-refractivity contribution >= 4 is 15.9 Å². The van der Waals surface area contributed by atoms with E-state index in [1.807, 2.05) is 6.07 Å². The first kappa shape index (κ1) is 15.4. The minimum atomic E-state index is -0.424. The summed E-state index contributed by atoms with van der Waals surface area (Å²) >= 11 is 3.18. The van der Waals surface area contributed by atoms with Gasteiger partial charge in [-0.05, 0) is 39.7 Å². The summed E-state index contributed by atoms with van der Waals surface area (Å²) in [6.07, 6.45) is 0. The second-order valence-electron chi connectivity index (χ2n) is 5.00. The highest BCUT2D eigenvalue weighted by molar-refractivity contribution is 9.10. The Balaban J connectivity index is 2.21. The second-order valence-corrected chi connectivity index (χ2v) is 5.86. The highest BCUT2D eigenvalue weighted by Gasteiger charge is 2.31. The van der Waals surface area contributed by atoms with Crippen molar-refractivity contribution in [3.05, 3.63) is 69.3 Å². The van der Waals surface area contributed by atoms with Crippen LogP contribution < -0.4 is 15.2 Å². The molecular weight excluding hydrogens is 363 g/mol. The van der Waals surface area contributed by atoms with Crippen molar-refractivity contribution in [2.75, 3.05) is 7.11 Å². The summed E-state index contributed by atoms with van der Waals surface area (Å²) in [5, 5.41) is 9.47. The van der Waals surface area contributed by atoms with Crippen molar-refractivity contribution in [3.63, 3.8) is 0 Å². The summed E-state index contributed by atoms with van der Waals surface area (Å²) in [6, 6.07) is 12.0. The number of hydrogen-bond acceptors (Lipinski definition) is 4. The number of halogens is 2. The summed E-state index contributed by atoms with van der Waals surface area (Å²) in [4.78, 5) is 0. The van der Waals surface area contributed by atoms with Gasteiger partial charge in [0, 0.05) is 11.6 Å². The molecule has 0 radical (unpaired) electrons. The number of nitrogens with two attached hydrogens (primary N) is 1. The van der Waals surface area contributed by atoms with Crippen molar-refractivity contribution in [2.24, 2.45) is 5.73 Å². The number of allylic oxidation sites excluding steroid dienone is 1. The highest BCUT2D eigenvalue weighted by Crippen LogP contribution is 2.43. The third-order valence-electron chi connectivity index (χ3n) is 3.70. The van der Waals surface area contributed by atoms with E-state index in [0.717, 1.165) is 11.1 Å². The van der Waals surface area contributed by atoms with Crippen LogP contribution in [0.2, 0.25) is 0 Å². The Morgan fingerprint density at radius 2 is 2.09 bits per heavy atom. The number of nitrogens with zero attached hydrogens (tertiary/aromatic N) is 1. The molecule has 0 bridgehead atoms. The Bertz CT molecular complexity index is 858. The molecule has 0 amide bonds. The molecule has 0 unspecified atom stereocenters. The molecule has 1 aliphatic heterocycles. The first-order chi connectivity index (χ1) is 11.0. The van der Waals surface area contributed by atoms with Gasteiger partial charge in [-0.25, -0.2) is 4.39 Å². The molecular formula is C17H12BrFN2O2. The first-order valence-corrected chi connectivity index (χ1v) is 7.55. The molecule has 2 aromatic rings. The van der Waals surface area contributed by atoms with Gasteiger partial charge in [0.05, 0.1) is 17.5 Å². The Morgan fingerprint density at radius 1 is 1.30 bits per heavy atom. The van der Waals surface area contributed by atoms with Gasteiger partial charge >= 0.3 is 0 Å². The van der Waals surface area contributed by atoms with Crippen LogP contribution in [0.5, 0.6) is 11.5 Å². The van der Waals surface area contributed by atoms with Crippen LogP contribution in [0.1, 0.15) is 17.0 Å². The monoisotopic (exact) mass is 374 g/mol. The number of fused-ring (bicyclic) bond motifs is 1. The number of benzene rings is 2. The molecule has 23 heavy (non-hydrogen) atoms. The van der Waals surface area contributed by atoms with Crippen molar-refractivity contribution in [1.82, 2.24) is 0 Å². The normalized spacial score (nSPS) is 16.3. The fraction of sp³-hybridized carbons (Fsp3) is 0.118. The van der Waals surface area contributed by atoms with E-state index in [4.69, 9.17) is 15.2 Å². The zero-order valence-corrected chi connectivity index (χ0v) is 13.7. The minimum Gasteiger partial charge on any atom is -0.497 e. The first-order valence-electron chi connectivity index (χ1n) is 6.75. The average molecular weight is 375 g/mol. The van der Waals surface area contributed by atoms with Gasteiger partial charge in [-0.3, -0.25) is 0 Å². The Labute approximate surface area is 141 Å². The molecule has 1 aliphatic rings. The highest BCUT2D eigenvalue weighted by atomic mass is 79.9. The van der Waals surface area contributed by atoms with Crippen LogP contribution in [0.25, 0.3) is 0 Å². The molecule has 4 nitrogen and oxygen atoms in total. The molecule has 2 aromatic carbocycles. The predicted molar refractivity (Wildman–Crippen MR) is 86.4 cm³/mol. The largest absolute Gasteiger partial charge is 0.497 e. The molecule has 0 aromatic heterocycles. The molecule has 1 atom stereocenters. The zero-order chi connectivity index (χ0) is 16.6. The number of methoxy groups -OCH3 is 1. The van der Waals surface area contributed by atoms with Gasteiger partial charge in [0.1, 0.15) is 29.0 Å². The van der Waals surface area contributed by atoms with E-state index in [9.17, 15) is 9.65 Å². The number of ether oxygens (including phenoxy) is 2. The summed E-state index contributed by atoms with van der Waals surface area (Å²) in [5.74, 6) is 0.388. The maximum absolute atomic E-state index is 13.5. The summed E-state index contributed by atoms with van der Waals surface area (Å²) in [6.45, 7) is 0. The number of rotatable bonds is 2. The summed E-state index contributed by atoms with van der Waals surface area (Å²) in [5.41, 5.74) is 7.71. The maximum atomic E-state index is 13.5. The Hall–Kier alpha value is -2.52. The van der Waals surface area contributed by atoms with Crippen molar-refractivity contribution in [3.8, 4) is 17.6 Å². The molecule has 3 rings (SSSR count). The van der Waals surface area contributed by atoms with Crippen LogP contribution in [0.4, 0.5) is 4.39 Å². The molecule has 1 heterocycles. The fourth-order valence-corrected chi connectivity index (χ4v) is 2.99. The topological polar surface area (TPSA) is 68.3 Å². The molecule has 116 valence electrons. The standard InChI is InChI=1S/C17H12BrFN2O2/c1-22-10-3-4-11-15(7-10)23-17(21)12(8-20)16(11)9-2-5-14(19)13(18)6-9/h2-7,16H,21H2,1H3/t16-/m1/s1. The number of hydrogen-bond donors (Lipinski definition) is 1. The molecule has 2 N–H and O–H groups in total. The van der Waals surface area contributed by atoms with Gasteiger partial charge in [0.2, 0.25) is 5.88 Å². The van der Waals surface area contributed by atoms with Crippen LogP contribution >= 0.6 is 15.9 Å². The van der Waals surface area contributed by atoms with E-state index in [1.54, 1.807) is 31.4 Å². The summed E-state index contributed by atoms with van der Waals surface area (Å²) < 4.78 is 24.6. The smallest absolute Gasteiger partial charge is 0.205 e. The van der Waals surface area contributed by atoms with E-state index in [-0.39, 0.29) is 11.7 Å². The van der Waals surface area contributed by atoms with Gasteiger partial charge in [-0.1, -0.05) is 12.1 Å². The van der Waals surface area contributed by atoms with E-state index >= 15 is 0 Å². The third-order valence-corrected chi connectivity index (χ3v) is 4.31. The molecule has 0 spiro atoms. The quantitative estimate of drug-likeness (QED) is 0.867. The Kier molecular flexibility index (Phi) is 3.97. The van der Waals surface area contributed by atoms with Crippen LogP contribution in [0.15, 0.2) is 52.3 Å². The van der Waals surface area contributed by atoms with Crippen LogP contribution in [-0.2, 0) is 0 Å². The van der Waals surface area contributed by atoms with E-state index in [2.05, 4.69) is 22.0 Å². The fourth-order valence-electron chi connectivity index (χ4n) is 2.60. The van der Waals surface area contributed by atoms with Crippen LogP contribution in [0.3, 0.4) is 0 Å². The van der Waals surface area contributed by atoms with Gasteiger partial charge in [-0.15, -0.1) is 0 Å². The van der Waals surface area contributed by atoms with Crippen LogP contribution in [0, 0.1) is 17.1 Å². The molecule has 6 heteroatoms. The lowest BCUT2D eigenvalue weighted by atomic mass is 9.83. The lowest BCUT2D eigenvalue weighted by molar-refractivity contribution is 0.381. The van der Waals surface area contributed by atoms with Gasteiger partial charge < -0.3 is 15.2 Å². The number of nitriles is 1. The van der Waals surface area contributed by atoms with Crippen molar-refractivity contribution in [1.29, 1.82) is 5.26 Å². The molecule has 0 aliphatic carbocycles. The second kappa shape index (κ2) is 5.94. The third kappa shape index (κ3) is 2.64. The average Bonchev–Trinajstić information content (AvgIpc) is 2.55. The van der Waals surface area contributed by atoms with Crippen LogP contribution in [-0.4, -0.2) is 7.11 Å². The molecule has 0 saturated carbocycles. The predicted octanol–water partition coefficient (Wildman–Crippen LogP) is 3.81. The van der Waals surface area contributed by atoms with Gasteiger partial charge in [-0.2, -0.15) is 5.26 Å². The minimum absolute atomic E-state index is 0.0405. The van der Waals surface area contributed by atoms with Crippen molar-refractivity contribution in [2.45, 2.75) is 5.92 Å². The zero-order valence-electron chi connectivity index (χ0n) is 12.1. The van der Waals surface area contributed by atoms with Gasteiger partial charge in [0.25, 0.3) is 0 Å². The van der Waals surface area contributed by atoms with E-state index in [1.165, 1.54) is 6.07 Å². The molecule has 0 saturated heterocycles. The Morgan fingerprint density at radius 3 is 2.74 bits per heavy atom.